The van der Waals surface area contributed by atoms with Crippen LogP contribution >= 0.6 is 8.73 Å². The van der Waals surface area contributed by atoms with E-state index in [1.165, 1.54) is 0 Å². The molecule has 0 N–H and O–H groups in total. The summed E-state index contributed by atoms with van der Waals surface area (Å²) in [4.78, 5) is 0. The minimum atomic E-state index is -0.347. The summed E-state index contributed by atoms with van der Waals surface area (Å²) < 4.78 is 12.2. The molecule has 0 heterocycles. The largest absolute Gasteiger partial charge is 0.356 e. The minimum absolute atomic E-state index is 0.00900. The molecule has 0 aliphatic heterocycles. The molecule has 0 saturated carbocycles. The smallest absolute Gasteiger partial charge is 0.197 e. The highest BCUT2D eigenvalue weighted by Crippen LogP contribution is 2.45. The Morgan fingerprint density at radius 3 is 1.95 bits per heavy atom. The summed E-state index contributed by atoms with van der Waals surface area (Å²) in [6.45, 7) is 8.18. The summed E-state index contributed by atoms with van der Waals surface area (Å²) in [6, 6.07) is 0. The molecule has 0 spiro atoms. The zero-order chi connectivity index (χ0) is 14.9. The molecule has 5 nitrogen and oxygen atoms in total. The summed E-state index contributed by atoms with van der Waals surface area (Å²) in [5.74, 6) is -0.179. The third-order valence-electron chi connectivity index (χ3n) is 3.77. The van der Waals surface area contributed by atoms with E-state index in [-0.39, 0.29) is 26.3 Å². The van der Waals surface area contributed by atoms with Gasteiger partial charge in [-0.25, -0.2) is 0 Å². The van der Waals surface area contributed by atoms with Gasteiger partial charge in [-0.15, -0.1) is 0 Å². The molecule has 3 unspecified atom stereocenters. The van der Waals surface area contributed by atoms with E-state index < -0.39 is 0 Å². The van der Waals surface area contributed by atoms with Gasteiger partial charge in [0.25, 0.3) is 0 Å². The summed E-state index contributed by atoms with van der Waals surface area (Å²) in [5.41, 5.74) is -0.0306. The molecular formula is C13H24N3O2P. The Hall–Kier alpha value is -0.870. The lowest BCUT2D eigenvalue weighted by Crippen LogP contribution is -2.36. The second kappa shape index (κ2) is 9.10. The number of methoxy groups -OCH3 is 1. The quantitative estimate of drug-likeness (QED) is 0.281. The first-order chi connectivity index (χ1) is 9.03. The zero-order valence-corrected chi connectivity index (χ0v) is 13.4. The third kappa shape index (κ3) is 4.96. The Morgan fingerprint density at radius 1 is 1.16 bits per heavy atom. The number of nitriles is 2. The van der Waals surface area contributed by atoms with Gasteiger partial charge in [0.2, 0.25) is 0 Å². The Morgan fingerprint density at radius 2 is 1.63 bits per heavy atom. The summed E-state index contributed by atoms with van der Waals surface area (Å²) in [7, 11) is 1.58. The summed E-state index contributed by atoms with van der Waals surface area (Å²) in [6.07, 6.45) is 6.25. The number of nitrogens with zero attached hydrogens (tertiary/aromatic N) is 3. The third-order valence-corrected chi connectivity index (χ3v) is 5.22. The van der Waals surface area contributed by atoms with Crippen molar-refractivity contribution in [2.24, 2.45) is 5.41 Å². The fraction of sp³-hybridized carbons (Fsp3) is 0.846. The van der Waals surface area contributed by atoms with Crippen molar-refractivity contribution in [3.05, 3.63) is 0 Å². The normalized spacial score (nSPS) is 14.9. The lowest BCUT2D eigenvalue weighted by atomic mass is 9.80. The van der Waals surface area contributed by atoms with E-state index >= 15 is 0 Å². The lowest BCUT2D eigenvalue weighted by molar-refractivity contribution is -0.151. The highest BCUT2D eigenvalue weighted by atomic mass is 31.1. The van der Waals surface area contributed by atoms with Crippen LogP contribution in [-0.2, 0) is 9.47 Å². The topological polar surface area (TPSA) is 69.3 Å². The number of hydrogen-bond donors (Lipinski definition) is 0. The molecule has 19 heavy (non-hydrogen) atoms. The molecule has 0 rings (SSSR count). The van der Waals surface area contributed by atoms with E-state index in [1.807, 2.05) is 19.3 Å². The van der Waals surface area contributed by atoms with Crippen molar-refractivity contribution in [2.45, 2.75) is 59.1 Å². The monoisotopic (exact) mass is 285 g/mol. The average molecular weight is 285 g/mol. The van der Waals surface area contributed by atoms with Crippen LogP contribution in [-0.4, -0.2) is 23.9 Å². The number of hydrogen-bond acceptors (Lipinski definition) is 5. The van der Waals surface area contributed by atoms with Crippen molar-refractivity contribution in [1.82, 2.24) is 4.67 Å². The molecule has 0 bridgehead atoms. The number of rotatable bonds is 9. The van der Waals surface area contributed by atoms with Crippen LogP contribution < -0.4 is 0 Å². The molecule has 3 atom stereocenters. The molecule has 0 aromatic carbocycles. The fourth-order valence-corrected chi connectivity index (χ4v) is 3.55. The first kappa shape index (κ1) is 18.1. The molecule has 0 fully saturated rings. The number of ether oxygens (including phenoxy) is 2. The molecule has 0 aliphatic carbocycles. The second-order valence-corrected chi connectivity index (χ2v) is 5.64. The van der Waals surface area contributed by atoms with Gasteiger partial charge in [-0.05, 0) is 26.2 Å². The second-order valence-electron chi connectivity index (χ2n) is 4.41. The standard InChI is InChI=1S/C13H24N3O2P/c1-6-13(7-2,8-3)12(18-11(4)17-5)19-16(9-14)10-15/h11-12,19H,6-8H2,1-5H3. The van der Waals surface area contributed by atoms with Gasteiger partial charge < -0.3 is 9.47 Å². The van der Waals surface area contributed by atoms with Crippen molar-refractivity contribution in [3.63, 3.8) is 0 Å². The fourth-order valence-electron chi connectivity index (χ4n) is 2.06. The van der Waals surface area contributed by atoms with Gasteiger partial charge in [-0.3, -0.25) is 0 Å². The van der Waals surface area contributed by atoms with Crippen molar-refractivity contribution in [3.8, 4) is 12.4 Å². The summed E-state index contributed by atoms with van der Waals surface area (Å²) in [5, 5.41) is 17.8. The van der Waals surface area contributed by atoms with Crippen LogP contribution in [0.2, 0.25) is 0 Å². The van der Waals surface area contributed by atoms with Crippen LogP contribution in [0.5, 0.6) is 0 Å². The van der Waals surface area contributed by atoms with Gasteiger partial charge >= 0.3 is 0 Å². The Kier molecular flexibility index (Phi) is 8.68. The molecular weight excluding hydrogens is 261 g/mol. The van der Waals surface area contributed by atoms with Gasteiger partial charge in [-0.1, -0.05) is 20.8 Å². The molecule has 6 heteroatoms. The van der Waals surface area contributed by atoms with E-state index in [4.69, 9.17) is 20.0 Å². The predicted molar refractivity (Wildman–Crippen MR) is 76.0 cm³/mol. The van der Waals surface area contributed by atoms with Crippen LogP contribution in [0.3, 0.4) is 0 Å². The lowest BCUT2D eigenvalue weighted by Gasteiger charge is -2.39. The van der Waals surface area contributed by atoms with E-state index in [0.717, 1.165) is 23.9 Å². The van der Waals surface area contributed by atoms with Gasteiger partial charge in [0.05, 0.1) is 0 Å². The maximum absolute atomic E-state index is 8.92. The van der Waals surface area contributed by atoms with Crippen molar-refractivity contribution < 1.29 is 9.47 Å². The minimum Gasteiger partial charge on any atom is -0.356 e. The van der Waals surface area contributed by atoms with Crippen LogP contribution in [0.25, 0.3) is 0 Å². The van der Waals surface area contributed by atoms with Gasteiger partial charge in [0, 0.05) is 21.3 Å². The van der Waals surface area contributed by atoms with E-state index in [1.54, 1.807) is 7.11 Å². The Balaban J connectivity index is 5.14. The predicted octanol–water partition coefficient (Wildman–Crippen LogP) is 3.40. The molecule has 0 saturated heterocycles. The van der Waals surface area contributed by atoms with Crippen LogP contribution in [0.1, 0.15) is 47.0 Å². The first-order valence-corrected chi connectivity index (χ1v) is 7.59. The maximum atomic E-state index is 8.92. The van der Waals surface area contributed by atoms with Crippen molar-refractivity contribution >= 4 is 8.73 Å². The van der Waals surface area contributed by atoms with E-state index in [9.17, 15) is 0 Å². The van der Waals surface area contributed by atoms with Crippen LogP contribution in [0, 0.1) is 28.3 Å². The van der Waals surface area contributed by atoms with Crippen molar-refractivity contribution in [1.29, 1.82) is 10.5 Å². The summed E-state index contributed by atoms with van der Waals surface area (Å²) >= 11 is 0. The first-order valence-electron chi connectivity index (χ1n) is 6.57. The van der Waals surface area contributed by atoms with Crippen molar-refractivity contribution in [2.75, 3.05) is 7.11 Å². The van der Waals surface area contributed by atoms with Crippen LogP contribution in [0.4, 0.5) is 0 Å². The molecule has 0 radical (unpaired) electrons. The average Bonchev–Trinajstić information content (AvgIpc) is 2.46. The Labute approximate surface area is 118 Å². The van der Waals surface area contributed by atoms with Gasteiger partial charge in [0.15, 0.2) is 18.7 Å². The van der Waals surface area contributed by atoms with Gasteiger partial charge in [0.1, 0.15) is 5.85 Å². The maximum Gasteiger partial charge on any atom is 0.197 e. The molecule has 0 aromatic heterocycles. The highest BCUT2D eigenvalue weighted by molar-refractivity contribution is 7.36. The van der Waals surface area contributed by atoms with Crippen LogP contribution in [0.15, 0.2) is 0 Å². The van der Waals surface area contributed by atoms with E-state index in [0.29, 0.717) is 0 Å². The molecule has 0 amide bonds. The molecule has 0 aromatic rings. The molecule has 0 aliphatic rings. The zero-order valence-electron chi connectivity index (χ0n) is 12.4. The highest BCUT2D eigenvalue weighted by Gasteiger charge is 2.37. The van der Waals surface area contributed by atoms with E-state index in [2.05, 4.69) is 20.8 Å². The molecule has 108 valence electrons. The SMILES string of the molecule is CCC(CC)(CC)C(OC(C)OC)PN(C#N)C#N. The van der Waals surface area contributed by atoms with Gasteiger partial charge in [-0.2, -0.15) is 15.2 Å². The Bertz CT molecular complexity index is 311.